The number of benzene rings is 1. The average Bonchev–Trinajstić information content (AvgIpc) is 2.50. The summed E-state index contributed by atoms with van der Waals surface area (Å²) in [4.78, 5) is 2.30. The lowest BCUT2D eigenvalue weighted by Crippen LogP contribution is -2.48. The van der Waals surface area contributed by atoms with Crippen LogP contribution >= 0.6 is 0 Å². The number of oxime groups is 1. The summed E-state index contributed by atoms with van der Waals surface area (Å²) in [6.07, 6.45) is -0.113. The predicted octanol–water partition coefficient (Wildman–Crippen LogP) is 0.671. The van der Waals surface area contributed by atoms with Crippen molar-refractivity contribution < 1.29 is 15.1 Å². The lowest BCUT2D eigenvalue weighted by Gasteiger charge is -2.37. The summed E-state index contributed by atoms with van der Waals surface area (Å²) in [5.74, 6) is 0.115. The molecule has 0 radical (unpaired) electrons. The minimum absolute atomic E-state index is 0.0463. The summed E-state index contributed by atoms with van der Waals surface area (Å²) in [5.41, 5.74) is 8.60. The second-order valence-corrected chi connectivity index (χ2v) is 5.54. The standard InChI is InChI=1S/C15H23N3O3/c1-10-5-12(15(16)17-20)3-4-13(10)6-18-7-14(8-19)21-9-11(18)2/h3-5,11,14,19-20H,6-9H2,1-2H3,(H2,16,17). The molecule has 6 heteroatoms. The maximum atomic E-state index is 9.24. The topological polar surface area (TPSA) is 91.3 Å². The summed E-state index contributed by atoms with van der Waals surface area (Å²) in [6.45, 7) is 6.32. The number of aliphatic hydroxyl groups excluding tert-OH is 1. The minimum atomic E-state index is -0.113. The molecule has 21 heavy (non-hydrogen) atoms. The zero-order valence-corrected chi connectivity index (χ0v) is 12.5. The van der Waals surface area contributed by atoms with Crippen molar-refractivity contribution in [2.75, 3.05) is 19.8 Å². The molecule has 1 aliphatic heterocycles. The molecular formula is C15H23N3O3. The smallest absolute Gasteiger partial charge is 0.170 e. The van der Waals surface area contributed by atoms with Crippen molar-refractivity contribution in [2.45, 2.75) is 32.5 Å². The van der Waals surface area contributed by atoms with Gasteiger partial charge >= 0.3 is 0 Å². The van der Waals surface area contributed by atoms with E-state index in [1.807, 2.05) is 25.1 Å². The molecule has 1 heterocycles. The number of aryl methyl sites for hydroxylation is 1. The Morgan fingerprint density at radius 2 is 2.29 bits per heavy atom. The Kier molecular flexibility index (Phi) is 5.17. The maximum absolute atomic E-state index is 9.24. The number of nitrogens with zero attached hydrogens (tertiary/aromatic N) is 2. The van der Waals surface area contributed by atoms with Crippen LogP contribution in [-0.2, 0) is 11.3 Å². The van der Waals surface area contributed by atoms with E-state index in [9.17, 15) is 5.11 Å². The van der Waals surface area contributed by atoms with Crippen LogP contribution in [0.5, 0.6) is 0 Å². The van der Waals surface area contributed by atoms with Gasteiger partial charge in [-0.3, -0.25) is 4.90 Å². The molecule has 0 aliphatic carbocycles. The summed E-state index contributed by atoms with van der Waals surface area (Å²) in [5, 5.41) is 21.0. The van der Waals surface area contributed by atoms with Gasteiger partial charge < -0.3 is 20.8 Å². The van der Waals surface area contributed by atoms with E-state index in [0.717, 1.165) is 18.7 Å². The number of morpholine rings is 1. The highest BCUT2D eigenvalue weighted by Crippen LogP contribution is 2.18. The van der Waals surface area contributed by atoms with E-state index >= 15 is 0 Å². The number of hydrogen-bond donors (Lipinski definition) is 3. The Balaban J connectivity index is 2.12. The fourth-order valence-corrected chi connectivity index (χ4v) is 2.51. The number of nitrogens with two attached hydrogens (primary N) is 1. The number of hydrogen-bond acceptors (Lipinski definition) is 5. The highest BCUT2D eigenvalue weighted by molar-refractivity contribution is 5.97. The molecule has 116 valence electrons. The molecule has 1 aromatic rings. The van der Waals surface area contributed by atoms with E-state index < -0.39 is 0 Å². The first-order valence-corrected chi connectivity index (χ1v) is 7.09. The highest BCUT2D eigenvalue weighted by Gasteiger charge is 2.25. The molecule has 6 nitrogen and oxygen atoms in total. The van der Waals surface area contributed by atoms with Crippen LogP contribution in [0.4, 0.5) is 0 Å². The molecule has 0 spiro atoms. The molecule has 2 unspecified atom stereocenters. The van der Waals surface area contributed by atoms with Gasteiger partial charge in [-0.05, 0) is 31.0 Å². The maximum Gasteiger partial charge on any atom is 0.170 e. The van der Waals surface area contributed by atoms with Crippen molar-refractivity contribution in [1.29, 1.82) is 0 Å². The molecule has 1 saturated heterocycles. The predicted molar refractivity (Wildman–Crippen MR) is 80.4 cm³/mol. The van der Waals surface area contributed by atoms with Crippen LogP contribution in [0, 0.1) is 6.92 Å². The van der Waals surface area contributed by atoms with Crippen LogP contribution in [0.25, 0.3) is 0 Å². The van der Waals surface area contributed by atoms with Crippen molar-refractivity contribution in [3.8, 4) is 0 Å². The molecular weight excluding hydrogens is 270 g/mol. The van der Waals surface area contributed by atoms with Gasteiger partial charge in [0.05, 0.1) is 19.3 Å². The lowest BCUT2D eigenvalue weighted by atomic mass is 10.0. The monoisotopic (exact) mass is 293 g/mol. The molecule has 0 bridgehead atoms. The molecule has 2 rings (SSSR count). The number of amidine groups is 1. The first-order chi connectivity index (χ1) is 10.0. The normalized spacial score (nSPS) is 24.2. The Labute approximate surface area is 124 Å². The van der Waals surface area contributed by atoms with Gasteiger partial charge in [0.2, 0.25) is 0 Å². The quantitative estimate of drug-likeness (QED) is 0.328. The van der Waals surface area contributed by atoms with E-state index in [4.69, 9.17) is 15.7 Å². The molecule has 0 saturated carbocycles. The zero-order valence-electron chi connectivity index (χ0n) is 12.5. The third kappa shape index (κ3) is 3.72. The van der Waals surface area contributed by atoms with Crippen molar-refractivity contribution in [3.63, 3.8) is 0 Å². The van der Waals surface area contributed by atoms with Crippen LogP contribution in [-0.4, -0.2) is 53.0 Å². The summed E-state index contributed by atoms with van der Waals surface area (Å²) < 4.78 is 5.55. The van der Waals surface area contributed by atoms with Crippen molar-refractivity contribution in [3.05, 3.63) is 34.9 Å². The van der Waals surface area contributed by atoms with Gasteiger partial charge in [-0.2, -0.15) is 0 Å². The molecule has 1 fully saturated rings. The molecule has 2 atom stereocenters. The number of rotatable bonds is 4. The largest absolute Gasteiger partial charge is 0.409 e. The SMILES string of the molecule is Cc1cc(/C(N)=N/O)ccc1CN1CC(CO)OCC1C. The van der Waals surface area contributed by atoms with Crippen LogP contribution in [0.3, 0.4) is 0 Å². The minimum Gasteiger partial charge on any atom is -0.409 e. The lowest BCUT2D eigenvalue weighted by molar-refractivity contribution is -0.0806. The van der Waals surface area contributed by atoms with Gasteiger partial charge in [0.15, 0.2) is 5.84 Å². The van der Waals surface area contributed by atoms with Gasteiger partial charge in [-0.25, -0.2) is 0 Å². The average molecular weight is 293 g/mol. The molecule has 0 aromatic heterocycles. The number of ether oxygens (including phenoxy) is 1. The second kappa shape index (κ2) is 6.89. The summed E-state index contributed by atoms with van der Waals surface area (Å²) >= 11 is 0. The molecule has 1 aromatic carbocycles. The molecule has 4 N–H and O–H groups in total. The van der Waals surface area contributed by atoms with Gasteiger partial charge in [0, 0.05) is 24.7 Å². The van der Waals surface area contributed by atoms with Crippen LogP contribution in [0.1, 0.15) is 23.6 Å². The Morgan fingerprint density at radius 1 is 1.52 bits per heavy atom. The molecule has 0 amide bonds. The van der Waals surface area contributed by atoms with Crippen LogP contribution in [0.15, 0.2) is 23.4 Å². The Bertz CT molecular complexity index is 519. The fraction of sp³-hybridized carbons (Fsp3) is 0.533. The third-order valence-corrected chi connectivity index (χ3v) is 3.96. The van der Waals surface area contributed by atoms with Crippen molar-refractivity contribution in [2.24, 2.45) is 10.9 Å². The highest BCUT2D eigenvalue weighted by atomic mass is 16.5. The van der Waals surface area contributed by atoms with E-state index in [1.165, 1.54) is 5.56 Å². The first-order valence-electron chi connectivity index (χ1n) is 7.09. The van der Waals surface area contributed by atoms with Crippen LogP contribution in [0.2, 0.25) is 0 Å². The fourth-order valence-electron chi connectivity index (χ4n) is 2.51. The Hall–Kier alpha value is -1.63. The zero-order chi connectivity index (χ0) is 15.4. The van der Waals surface area contributed by atoms with E-state index in [-0.39, 0.29) is 18.5 Å². The first kappa shape index (κ1) is 15.8. The number of aliphatic hydroxyl groups is 1. The van der Waals surface area contributed by atoms with Crippen LogP contribution < -0.4 is 5.73 Å². The van der Waals surface area contributed by atoms with Gasteiger partial charge in [0.1, 0.15) is 0 Å². The summed E-state index contributed by atoms with van der Waals surface area (Å²) in [7, 11) is 0. The van der Waals surface area contributed by atoms with Gasteiger partial charge in [-0.15, -0.1) is 0 Å². The van der Waals surface area contributed by atoms with Gasteiger partial charge in [-0.1, -0.05) is 17.3 Å². The second-order valence-electron chi connectivity index (χ2n) is 5.54. The van der Waals surface area contributed by atoms with Crippen molar-refractivity contribution >= 4 is 5.84 Å². The van der Waals surface area contributed by atoms with E-state index in [0.29, 0.717) is 18.2 Å². The molecule has 1 aliphatic rings. The van der Waals surface area contributed by atoms with Crippen molar-refractivity contribution in [1.82, 2.24) is 4.90 Å². The third-order valence-electron chi connectivity index (χ3n) is 3.96. The van der Waals surface area contributed by atoms with Gasteiger partial charge in [0.25, 0.3) is 0 Å². The van der Waals surface area contributed by atoms with E-state index in [1.54, 1.807) is 0 Å². The van der Waals surface area contributed by atoms with E-state index in [2.05, 4.69) is 17.0 Å². The summed E-state index contributed by atoms with van der Waals surface area (Å²) in [6, 6.07) is 6.08. The Morgan fingerprint density at radius 3 is 2.90 bits per heavy atom.